The Hall–Kier alpha value is -1.57. The number of nitrogen functional groups attached to an aromatic ring is 1. The van der Waals surface area contributed by atoms with E-state index < -0.39 is 0 Å². The van der Waals surface area contributed by atoms with Crippen molar-refractivity contribution in [3.05, 3.63) is 39.3 Å². The molecule has 0 aliphatic rings. The average molecular weight is 343 g/mol. The van der Waals surface area contributed by atoms with Crippen molar-refractivity contribution in [1.82, 2.24) is 4.98 Å². The Kier molecular flexibility index (Phi) is 3.32. The fourth-order valence-electron chi connectivity index (χ4n) is 1.32. The van der Waals surface area contributed by atoms with Crippen LogP contribution in [0, 0.1) is 10.5 Å². The fraction of sp³-hybridized carbons (Fsp3) is 0.0909. The molecule has 0 saturated carbocycles. The van der Waals surface area contributed by atoms with Crippen LogP contribution in [0.3, 0.4) is 0 Å². The summed E-state index contributed by atoms with van der Waals surface area (Å²) in [6, 6.07) is 5.31. The molecule has 0 radical (unpaired) electrons. The number of aryl methyl sites for hydroxylation is 1. The van der Waals surface area contributed by atoms with E-state index in [2.05, 4.69) is 32.9 Å². The van der Waals surface area contributed by atoms with E-state index in [-0.39, 0.29) is 11.9 Å². The van der Waals surface area contributed by atoms with E-state index in [0.29, 0.717) is 16.9 Å². The fourth-order valence-corrected chi connectivity index (χ4v) is 2.02. The smallest absolute Gasteiger partial charge is 0.301 e. The first-order valence-corrected chi connectivity index (χ1v) is 5.92. The van der Waals surface area contributed by atoms with Crippen LogP contribution in [0.4, 0.5) is 11.7 Å². The number of hydrogen-bond acceptors (Lipinski definition) is 4. The Labute approximate surface area is 112 Å². The predicted octanol–water partition coefficient (Wildman–Crippen LogP) is 2.42. The molecule has 17 heavy (non-hydrogen) atoms. The molecule has 0 aliphatic heterocycles. The first kappa shape index (κ1) is 11.9. The van der Waals surface area contributed by atoms with Gasteiger partial charge in [-0.05, 0) is 47.7 Å². The van der Waals surface area contributed by atoms with Crippen LogP contribution >= 0.6 is 22.6 Å². The number of anilines is 2. The van der Waals surface area contributed by atoms with Crippen LogP contribution in [0.15, 0.2) is 28.9 Å². The van der Waals surface area contributed by atoms with Crippen molar-refractivity contribution in [2.45, 2.75) is 6.92 Å². The van der Waals surface area contributed by atoms with E-state index >= 15 is 0 Å². The highest BCUT2D eigenvalue weighted by Crippen LogP contribution is 2.15. The molecule has 0 spiro atoms. The molecule has 0 saturated heterocycles. The number of oxazole rings is 1. The van der Waals surface area contributed by atoms with Crippen LogP contribution in [0.1, 0.15) is 16.1 Å². The highest BCUT2D eigenvalue weighted by molar-refractivity contribution is 14.1. The summed E-state index contributed by atoms with van der Waals surface area (Å²) >= 11 is 2.10. The Morgan fingerprint density at radius 1 is 1.47 bits per heavy atom. The summed E-state index contributed by atoms with van der Waals surface area (Å²) < 4.78 is 5.94. The monoisotopic (exact) mass is 343 g/mol. The number of rotatable bonds is 2. The number of benzene rings is 1. The second kappa shape index (κ2) is 4.74. The summed E-state index contributed by atoms with van der Waals surface area (Å²) in [5.41, 5.74) is 7.41. The Balaban J connectivity index is 2.19. The number of amides is 1. The quantitative estimate of drug-likeness (QED) is 0.648. The SMILES string of the molecule is Cc1coc(NC(=O)c2cc(N)cc(I)c2)n1. The van der Waals surface area contributed by atoms with Gasteiger partial charge in [-0.15, -0.1) is 0 Å². The van der Waals surface area contributed by atoms with E-state index in [1.54, 1.807) is 25.1 Å². The number of nitrogens with two attached hydrogens (primary N) is 1. The van der Waals surface area contributed by atoms with Gasteiger partial charge in [0.05, 0.1) is 5.69 Å². The lowest BCUT2D eigenvalue weighted by Gasteiger charge is -2.03. The Morgan fingerprint density at radius 3 is 2.82 bits per heavy atom. The zero-order valence-electron chi connectivity index (χ0n) is 9.03. The number of nitrogens with zero attached hydrogens (tertiary/aromatic N) is 1. The molecule has 2 rings (SSSR count). The average Bonchev–Trinajstić information content (AvgIpc) is 2.62. The lowest BCUT2D eigenvalue weighted by molar-refractivity contribution is 0.102. The number of carbonyl (C=O) groups excluding carboxylic acids is 1. The van der Waals surface area contributed by atoms with Gasteiger partial charge >= 0.3 is 6.01 Å². The van der Waals surface area contributed by atoms with Crippen LogP contribution in [-0.2, 0) is 0 Å². The van der Waals surface area contributed by atoms with Crippen LogP contribution in [0.2, 0.25) is 0 Å². The summed E-state index contributed by atoms with van der Waals surface area (Å²) in [4.78, 5) is 15.8. The molecule has 88 valence electrons. The summed E-state index contributed by atoms with van der Waals surface area (Å²) in [6.07, 6.45) is 1.47. The van der Waals surface area contributed by atoms with Crippen molar-refractivity contribution in [3.8, 4) is 0 Å². The molecule has 1 aromatic carbocycles. The van der Waals surface area contributed by atoms with E-state index in [4.69, 9.17) is 10.2 Å². The molecule has 5 nitrogen and oxygen atoms in total. The standard InChI is InChI=1S/C11H10IN3O2/c1-6-5-17-11(14-6)15-10(16)7-2-8(12)4-9(13)3-7/h2-5H,13H2,1H3,(H,14,15,16). The highest BCUT2D eigenvalue weighted by atomic mass is 127. The van der Waals surface area contributed by atoms with Crippen LogP contribution < -0.4 is 11.1 Å². The lowest BCUT2D eigenvalue weighted by Crippen LogP contribution is -2.12. The maximum absolute atomic E-state index is 11.9. The minimum absolute atomic E-state index is 0.185. The van der Waals surface area contributed by atoms with Crippen molar-refractivity contribution in [3.63, 3.8) is 0 Å². The van der Waals surface area contributed by atoms with Crippen molar-refractivity contribution < 1.29 is 9.21 Å². The van der Waals surface area contributed by atoms with Crippen molar-refractivity contribution in [1.29, 1.82) is 0 Å². The van der Waals surface area contributed by atoms with Crippen LogP contribution in [0.25, 0.3) is 0 Å². The molecule has 0 aliphatic carbocycles. The molecular formula is C11H10IN3O2. The molecule has 1 heterocycles. The lowest BCUT2D eigenvalue weighted by atomic mass is 10.2. The first-order valence-electron chi connectivity index (χ1n) is 4.84. The van der Waals surface area contributed by atoms with Crippen molar-refractivity contribution in [2.75, 3.05) is 11.1 Å². The second-order valence-electron chi connectivity index (χ2n) is 3.52. The molecule has 0 unspecified atom stereocenters. The van der Waals surface area contributed by atoms with E-state index in [1.807, 2.05) is 0 Å². The third-order valence-corrected chi connectivity index (χ3v) is 2.64. The maximum atomic E-state index is 11.9. The maximum Gasteiger partial charge on any atom is 0.301 e. The third-order valence-electron chi connectivity index (χ3n) is 2.02. The zero-order chi connectivity index (χ0) is 12.4. The molecule has 1 aromatic heterocycles. The summed E-state index contributed by atoms with van der Waals surface area (Å²) in [7, 11) is 0. The molecular weight excluding hydrogens is 333 g/mol. The van der Waals surface area contributed by atoms with Crippen molar-refractivity contribution in [2.24, 2.45) is 0 Å². The van der Waals surface area contributed by atoms with Crippen LogP contribution in [-0.4, -0.2) is 10.9 Å². The molecule has 0 atom stereocenters. The minimum Gasteiger partial charge on any atom is -0.432 e. The molecule has 2 aromatic rings. The van der Waals surface area contributed by atoms with Gasteiger partial charge in [0, 0.05) is 14.8 Å². The minimum atomic E-state index is -0.294. The molecule has 6 heteroatoms. The summed E-state index contributed by atoms with van der Waals surface area (Å²) in [5.74, 6) is -0.294. The van der Waals surface area contributed by atoms with Crippen molar-refractivity contribution >= 4 is 40.2 Å². The van der Waals surface area contributed by atoms with Gasteiger partial charge in [0.15, 0.2) is 0 Å². The van der Waals surface area contributed by atoms with E-state index in [0.717, 1.165) is 3.57 Å². The molecule has 0 fully saturated rings. The summed E-state index contributed by atoms with van der Waals surface area (Å²) in [6.45, 7) is 1.78. The van der Waals surface area contributed by atoms with Gasteiger partial charge in [0.25, 0.3) is 5.91 Å². The third kappa shape index (κ3) is 2.96. The molecule has 3 N–H and O–H groups in total. The van der Waals surface area contributed by atoms with Gasteiger partial charge in [0.2, 0.25) is 0 Å². The topological polar surface area (TPSA) is 81.2 Å². The van der Waals surface area contributed by atoms with Gasteiger partial charge < -0.3 is 10.2 Å². The van der Waals surface area contributed by atoms with E-state index in [1.165, 1.54) is 6.26 Å². The highest BCUT2D eigenvalue weighted by Gasteiger charge is 2.10. The number of carbonyl (C=O) groups is 1. The number of nitrogens with one attached hydrogen (secondary N) is 1. The number of aromatic nitrogens is 1. The van der Waals surface area contributed by atoms with Crippen LogP contribution in [0.5, 0.6) is 0 Å². The largest absolute Gasteiger partial charge is 0.432 e. The van der Waals surface area contributed by atoms with E-state index in [9.17, 15) is 4.79 Å². The van der Waals surface area contributed by atoms with Gasteiger partial charge in [-0.2, -0.15) is 4.98 Å². The first-order chi connectivity index (χ1) is 8.04. The van der Waals surface area contributed by atoms with Gasteiger partial charge in [0.1, 0.15) is 6.26 Å². The van der Waals surface area contributed by atoms with Gasteiger partial charge in [-0.1, -0.05) is 0 Å². The molecule has 0 bridgehead atoms. The van der Waals surface area contributed by atoms with Gasteiger partial charge in [-0.3, -0.25) is 10.1 Å². The predicted molar refractivity (Wildman–Crippen MR) is 72.8 cm³/mol. The number of halogens is 1. The zero-order valence-corrected chi connectivity index (χ0v) is 11.2. The Bertz CT molecular complexity index is 545. The normalized spacial score (nSPS) is 10.2. The second-order valence-corrected chi connectivity index (χ2v) is 4.77. The summed E-state index contributed by atoms with van der Waals surface area (Å²) in [5, 5.41) is 2.56. The Morgan fingerprint density at radius 2 is 2.24 bits per heavy atom. The molecule has 1 amide bonds. The van der Waals surface area contributed by atoms with Gasteiger partial charge in [-0.25, -0.2) is 0 Å². The number of hydrogen-bond donors (Lipinski definition) is 2.